The molecule has 0 aromatic heterocycles. The fourth-order valence-electron chi connectivity index (χ4n) is 1.34. The Bertz CT molecular complexity index is 493. The van der Waals surface area contributed by atoms with Crippen LogP contribution in [0.2, 0.25) is 0 Å². The number of rotatable bonds is 5. The topological polar surface area (TPSA) is 122 Å². The lowest BCUT2D eigenvalue weighted by atomic mass is 10.2. The van der Waals surface area contributed by atoms with Gasteiger partial charge >= 0.3 is 12.0 Å². The molecule has 2 amide bonds. The number of amides is 2. The highest BCUT2D eigenvalue weighted by Gasteiger charge is 2.18. The zero-order chi connectivity index (χ0) is 14.3. The van der Waals surface area contributed by atoms with Crippen LogP contribution in [0.4, 0.5) is 10.5 Å². The Kier molecular flexibility index (Phi) is 5.32. The van der Waals surface area contributed by atoms with E-state index in [1.54, 1.807) is 0 Å². The van der Waals surface area contributed by atoms with Crippen molar-refractivity contribution in [1.82, 2.24) is 5.32 Å². The maximum absolute atomic E-state index is 11.5. The minimum absolute atomic E-state index is 0.0733. The van der Waals surface area contributed by atoms with Crippen molar-refractivity contribution < 1.29 is 19.8 Å². The standard InChI is InChI=1S/C12H13N3O4/c13-7-8-1-3-9(4-2-8)14-12(19)15-10(5-6-16)11(17)18/h1-4,10,16H,5-6H2,(H,17,18)(H2,14,15,19)/t10-/m1/s1. The van der Waals surface area contributed by atoms with E-state index in [0.717, 1.165) is 0 Å². The monoisotopic (exact) mass is 263 g/mol. The molecule has 0 bridgehead atoms. The number of urea groups is 1. The molecule has 0 spiro atoms. The third kappa shape index (κ3) is 4.65. The molecule has 0 unspecified atom stereocenters. The molecule has 0 fully saturated rings. The molecule has 0 aliphatic heterocycles. The Morgan fingerprint density at radius 2 is 1.95 bits per heavy atom. The second kappa shape index (κ2) is 6.98. The van der Waals surface area contributed by atoms with Crippen LogP contribution < -0.4 is 10.6 Å². The molecule has 0 heterocycles. The number of aliphatic carboxylic acids is 1. The fraction of sp³-hybridized carbons (Fsp3) is 0.250. The Hall–Kier alpha value is -2.59. The summed E-state index contributed by atoms with van der Waals surface area (Å²) in [6, 6.07) is 6.21. The van der Waals surface area contributed by atoms with Gasteiger partial charge in [0.15, 0.2) is 0 Å². The highest BCUT2D eigenvalue weighted by molar-refractivity contribution is 5.92. The molecule has 7 nitrogen and oxygen atoms in total. The number of hydrogen-bond donors (Lipinski definition) is 4. The molecule has 0 radical (unpaired) electrons. The van der Waals surface area contributed by atoms with Gasteiger partial charge in [-0.15, -0.1) is 0 Å². The molecule has 0 aliphatic rings. The van der Waals surface area contributed by atoms with Crippen molar-refractivity contribution in [2.45, 2.75) is 12.5 Å². The lowest BCUT2D eigenvalue weighted by molar-refractivity contribution is -0.139. The molecule has 0 aliphatic carbocycles. The minimum atomic E-state index is -1.22. The first-order valence-corrected chi connectivity index (χ1v) is 5.48. The second-order valence-electron chi connectivity index (χ2n) is 3.69. The maximum Gasteiger partial charge on any atom is 0.326 e. The van der Waals surface area contributed by atoms with Gasteiger partial charge in [-0.3, -0.25) is 0 Å². The molecule has 0 saturated heterocycles. The highest BCUT2D eigenvalue weighted by Crippen LogP contribution is 2.08. The molecular formula is C12H13N3O4. The first-order chi connectivity index (χ1) is 9.06. The number of nitriles is 1. The zero-order valence-corrected chi connectivity index (χ0v) is 9.96. The lowest BCUT2D eigenvalue weighted by Gasteiger charge is -2.13. The third-order valence-electron chi connectivity index (χ3n) is 2.29. The molecule has 0 saturated carbocycles. The van der Waals surface area contributed by atoms with E-state index in [2.05, 4.69) is 10.6 Å². The summed E-state index contributed by atoms with van der Waals surface area (Å²) in [5.41, 5.74) is 0.888. The zero-order valence-electron chi connectivity index (χ0n) is 9.96. The van der Waals surface area contributed by atoms with Gasteiger partial charge < -0.3 is 20.8 Å². The van der Waals surface area contributed by atoms with Gasteiger partial charge in [0.05, 0.1) is 11.6 Å². The summed E-state index contributed by atoms with van der Waals surface area (Å²) < 4.78 is 0. The average molecular weight is 263 g/mol. The molecular weight excluding hydrogens is 250 g/mol. The molecule has 4 N–H and O–H groups in total. The van der Waals surface area contributed by atoms with Crippen LogP contribution in [-0.2, 0) is 4.79 Å². The summed E-state index contributed by atoms with van der Waals surface area (Å²) in [6.45, 7) is -0.339. The summed E-state index contributed by atoms with van der Waals surface area (Å²) >= 11 is 0. The average Bonchev–Trinajstić information content (AvgIpc) is 2.39. The van der Waals surface area contributed by atoms with E-state index in [-0.39, 0.29) is 13.0 Å². The van der Waals surface area contributed by atoms with Crippen molar-refractivity contribution in [3.8, 4) is 6.07 Å². The summed E-state index contributed by atoms with van der Waals surface area (Å²) in [5, 5.41) is 30.7. The van der Waals surface area contributed by atoms with Crippen LogP contribution in [0.1, 0.15) is 12.0 Å². The number of nitrogens with zero attached hydrogens (tertiary/aromatic N) is 1. The third-order valence-corrected chi connectivity index (χ3v) is 2.29. The van der Waals surface area contributed by atoms with Crippen LogP contribution in [0, 0.1) is 11.3 Å². The Balaban J connectivity index is 2.58. The molecule has 19 heavy (non-hydrogen) atoms. The molecule has 1 rings (SSSR count). The van der Waals surface area contributed by atoms with Gasteiger partial charge in [-0.25, -0.2) is 9.59 Å². The molecule has 1 aromatic carbocycles. The fourth-order valence-corrected chi connectivity index (χ4v) is 1.34. The number of anilines is 1. The number of carbonyl (C=O) groups excluding carboxylic acids is 1. The van der Waals surface area contributed by atoms with E-state index in [0.29, 0.717) is 11.3 Å². The number of benzene rings is 1. The quantitative estimate of drug-likeness (QED) is 0.616. The van der Waals surface area contributed by atoms with Crippen molar-refractivity contribution in [3.05, 3.63) is 29.8 Å². The van der Waals surface area contributed by atoms with E-state index in [1.807, 2.05) is 6.07 Å². The maximum atomic E-state index is 11.5. The first-order valence-electron chi connectivity index (χ1n) is 5.48. The first kappa shape index (κ1) is 14.5. The summed E-state index contributed by atoms with van der Waals surface area (Å²) in [6.07, 6.45) is -0.0733. The minimum Gasteiger partial charge on any atom is -0.480 e. The smallest absolute Gasteiger partial charge is 0.326 e. The van der Waals surface area contributed by atoms with Gasteiger partial charge in [0.1, 0.15) is 6.04 Å². The van der Waals surface area contributed by atoms with Crippen molar-refractivity contribution in [2.24, 2.45) is 0 Å². The molecule has 100 valence electrons. The predicted molar refractivity (Wildman–Crippen MR) is 66.4 cm³/mol. The number of carboxylic acids is 1. The Labute approximate surface area is 109 Å². The second-order valence-corrected chi connectivity index (χ2v) is 3.69. The van der Waals surface area contributed by atoms with Crippen LogP contribution in [0.5, 0.6) is 0 Å². The SMILES string of the molecule is N#Cc1ccc(NC(=O)N[C@H](CCO)C(=O)O)cc1. The van der Waals surface area contributed by atoms with Gasteiger partial charge in [0.25, 0.3) is 0 Å². The molecule has 1 aromatic rings. The summed E-state index contributed by atoms with van der Waals surface area (Å²) in [5.74, 6) is -1.22. The van der Waals surface area contributed by atoms with E-state index in [4.69, 9.17) is 15.5 Å². The van der Waals surface area contributed by atoms with E-state index in [9.17, 15) is 9.59 Å². The van der Waals surface area contributed by atoms with Crippen LogP contribution >= 0.6 is 0 Å². The van der Waals surface area contributed by atoms with Crippen molar-refractivity contribution in [1.29, 1.82) is 5.26 Å². The Morgan fingerprint density at radius 1 is 1.32 bits per heavy atom. The van der Waals surface area contributed by atoms with Crippen molar-refractivity contribution in [2.75, 3.05) is 11.9 Å². The number of nitrogens with one attached hydrogen (secondary N) is 2. The summed E-state index contributed by atoms with van der Waals surface area (Å²) in [7, 11) is 0. The van der Waals surface area contributed by atoms with E-state index < -0.39 is 18.0 Å². The number of aliphatic hydroxyl groups excluding tert-OH is 1. The van der Waals surface area contributed by atoms with Crippen LogP contribution in [0.3, 0.4) is 0 Å². The number of carboxylic acid groups (broad SMARTS) is 1. The van der Waals surface area contributed by atoms with Crippen molar-refractivity contribution in [3.63, 3.8) is 0 Å². The van der Waals surface area contributed by atoms with Gasteiger partial charge in [-0.1, -0.05) is 0 Å². The highest BCUT2D eigenvalue weighted by atomic mass is 16.4. The van der Waals surface area contributed by atoms with E-state index in [1.165, 1.54) is 24.3 Å². The number of aliphatic hydroxyl groups is 1. The van der Waals surface area contributed by atoms with Gasteiger partial charge in [-0.05, 0) is 24.3 Å². The Morgan fingerprint density at radius 3 is 2.42 bits per heavy atom. The van der Waals surface area contributed by atoms with Crippen molar-refractivity contribution >= 4 is 17.7 Å². The van der Waals surface area contributed by atoms with Gasteiger partial charge in [-0.2, -0.15) is 5.26 Å². The van der Waals surface area contributed by atoms with E-state index >= 15 is 0 Å². The molecule has 1 atom stereocenters. The summed E-state index contributed by atoms with van der Waals surface area (Å²) in [4.78, 5) is 22.3. The molecule has 7 heteroatoms. The largest absolute Gasteiger partial charge is 0.480 e. The lowest BCUT2D eigenvalue weighted by Crippen LogP contribution is -2.43. The normalized spacial score (nSPS) is 11.2. The number of carbonyl (C=O) groups is 2. The van der Waals surface area contributed by atoms with Crippen LogP contribution in [0.15, 0.2) is 24.3 Å². The van der Waals surface area contributed by atoms with Crippen LogP contribution in [-0.4, -0.2) is 34.9 Å². The van der Waals surface area contributed by atoms with Crippen LogP contribution in [0.25, 0.3) is 0 Å². The predicted octanol–water partition coefficient (Wildman–Crippen LogP) is 0.515. The number of hydrogen-bond acceptors (Lipinski definition) is 4. The van der Waals surface area contributed by atoms with Gasteiger partial charge in [0.2, 0.25) is 0 Å². The van der Waals surface area contributed by atoms with Gasteiger partial charge in [0, 0.05) is 18.7 Å².